The zero-order valence-electron chi connectivity index (χ0n) is 12.8. The van der Waals surface area contributed by atoms with Crippen molar-refractivity contribution in [3.8, 4) is 5.75 Å². The fourth-order valence-electron chi connectivity index (χ4n) is 1.91. The van der Waals surface area contributed by atoms with Crippen LogP contribution in [0.2, 0.25) is 0 Å². The van der Waals surface area contributed by atoms with E-state index in [9.17, 15) is 23.1 Å². The van der Waals surface area contributed by atoms with Crippen LogP contribution in [0, 0.1) is 6.92 Å². The highest BCUT2D eigenvalue weighted by Crippen LogP contribution is 2.35. The monoisotopic (exact) mass is 327 g/mol. The summed E-state index contributed by atoms with van der Waals surface area (Å²) in [5.41, 5.74) is -1.30. The van der Waals surface area contributed by atoms with Gasteiger partial charge in [0, 0.05) is 6.20 Å². The normalized spacial score (nSPS) is 12.3. The maximum Gasteiger partial charge on any atom is 0.416 e. The Bertz CT molecular complexity index is 736. The summed E-state index contributed by atoms with van der Waals surface area (Å²) in [5, 5.41) is 16.2. The molecule has 0 aliphatic rings. The first kappa shape index (κ1) is 16.9. The van der Waals surface area contributed by atoms with Gasteiger partial charge in [-0.25, -0.2) is 0 Å². The lowest BCUT2D eigenvalue weighted by atomic mass is 10.0. The predicted molar refractivity (Wildman–Crippen MR) is 78.0 cm³/mol. The van der Waals surface area contributed by atoms with Crippen LogP contribution in [0.25, 0.3) is 0 Å². The molecule has 0 fully saturated rings. The first-order valence-corrected chi connectivity index (χ1v) is 6.75. The van der Waals surface area contributed by atoms with Crippen LogP contribution < -0.4 is 5.32 Å². The average Bonchev–Trinajstić information content (AvgIpc) is 2.87. The maximum absolute atomic E-state index is 12.6. The molecule has 23 heavy (non-hydrogen) atoms. The van der Waals surface area contributed by atoms with Gasteiger partial charge in [-0.05, 0) is 44.5 Å². The van der Waals surface area contributed by atoms with Gasteiger partial charge in [0.2, 0.25) is 0 Å². The minimum Gasteiger partial charge on any atom is -0.506 e. The van der Waals surface area contributed by atoms with Gasteiger partial charge in [-0.1, -0.05) is 0 Å². The van der Waals surface area contributed by atoms with Gasteiger partial charge in [-0.2, -0.15) is 18.3 Å². The summed E-state index contributed by atoms with van der Waals surface area (Å²) in [6.07, 6.45) is -1.30. The van der Waals surface area contributed by atoms with Crippen molar-refractivity contribution >= 4 is 11.6 Å². The second kappa shape index (κ2) is 5.60. The molecule has 2 aromatic rings. The summed E-state index contributed by atoms with van der Waals surface area (Å²) in [6.45, 7) is 5.03. The molecule has 0 spiro atoms. The number of benzene rings is 1. The van der Waals surface area contributed by atoms with Gasteiger partial charge < -0.3 is 10.4 Å². The molecule has 1 heterocycles. The zero-order valence-corrected chi connectivity index (χ0v) is 12.8. The number of hydrogen-bond donors (Lipinski definition) is 2. The summed E-state index contributed by atoms with van der Waals surface area (Å²) in [7, 11) is 0. The third-order valence-corrected chi connectivity index (χ3v) is 3.41. The summed E-state index contributed by atoms with van der Waals surface area (Å²) in [6, 6.07) is 2.38. The van der Waals surface area contributed by atoms with E-state index in [1.807, 2.05) is 6.92 Å². The van der Waals surface area contributed by atoms with Crippen LogP contribution in [0.4, 0.5) is 18.9 Å². The number of carbonyl (C=O) groups is 1. The summed E-state index contributed by atoms with van der Waals surface area (Å²) in [5.74, 6) is -1.17. The van der Waals surface area contributed by atoms with Gasteiger partial charge in [-0.3, -0.25) is 9.48 Å². The number of aromatic hydroxyl groups is 1. The third-order valence-electron chi connectivity index (χ3n) is 3.41. The van der Waals surface area contributed by atoms with Crippen LogP contribution in [-0.2, 0) is 16.5 Å². The van der Waals surface area contributed by atoms with Crippen LogP contribution in [0.3, 0.4) is 0 Å². The third kappa shape index (κ3) is 3.46. The Labute approximate surface area is 130 Å². The highest BCUT2D eigenvalue weighted by Gasteiger charge is 2.33. The summed E-state index contributed by atoms with van der Waals surface area (Å²) < 4.78 is 39.1. The number of halogens is 3. The lowest BCUT2D eigenvalue weighted by Gasteiger charge is -2.24. The molecule has 1 aromatic heterocycles. The first-order valence-electron chi connectivity index (χ1n) is 6.75. The number of nitrogens with zero attached hydrogens (tertiary/aromatic N) is 2. The molecule has 1 amide bonds. The van der Waals surface area contributed by atoms with Crippen LogP contribution in [0.5, 0.6) is 5.75 Å². The molecule has 0 radical (unpaired) electrons. The minimum absolute atomic E-state index is 0.0973. The predicted octanol–water partition coefficient (Wildman–Crippen LogP) is 3.29. The molecular formula is C15H16F3N3O2. The number of alkyl halides is 3. The quantitative estimate of drug-likeness (QED) is 0.850. The van der Waals surface area contributed by atoms with Gasteiger partial charge in [0.25, 0.3) is 5.91 Å². The maximum atomic E-state index is 12.6. The second-order valence-electron chi connectivity index (χ2n) is 5.71. The Hall–Kier alpha value is -2.51. The molecule has 0 aliphatic heterocycles. The number of aromatic nitrogens is 2. The molecule has 8 heteroatoms. The molecule has 0 bridgehead atoms. The van der Waals surface area contributed by atoms with Gasteiger partial charge in [0.1, 0.15) is 11.3 Å². The summed E-state index contributed by atoms with van der Waals surface area (Å²) in [4.78, 5) is 12.4. The van der Waals surface area contributed by atoms with Crippen molar-refractivity contribution in [2.75, 3.05) is 5.32 Å². The Morgan fingerprint density at radius 1 is 1.30 bits per heavy atom. The standard InChI is InChI=1S/C15H16F3N3O2/c1-9-7-19-21(8-9)14(2,3)13(23)20-11-5-4-10(6-12(11)22)15(16,17)18/h4-8,22H,1-3H3,(H,20,23). The Kier molecular flexibility index (Phi) is 4.10. The molecule has 0 aliphatic carbocycles. The average molecular weight is 327 g/mol. The van der Waals surface area contributed by atoms with Crippen molar-refractivity contribution in [3.63, 3.8) is 0 Å². The molecular weight excluding hydrogens is 311 g/mol. The molecule has 124 valence electrons. The lowest BCUT2D eigenvalue weighted by Crippen LogP contribution is -2.40. The SMILES string of the molecule is Cc1cnn(C(C)(C)C(=O)Nc2ccc(C(F)(F)F)cc2O)c1. The van der Waals surface area contributed by atoms with Crippen LogP contribution in [0.1, 0.15) is 25.0 Å². The number of amides is 1. The van der Waals surface area contributed by atoms with E-state index >= 15 is 0 Å². The first-order chi connectivity index (χ1) is 10.5. The number of aryl methyl sites for hydroxylation is 1. The molecule has 0 saturated heterocycles. The van der Waals surface area contributed by atoms with E-state index in [-0.39, 0.29) is 5.69 Å². The van der Waals surface area contributed by atoms with E-state index in [0.29, 0.717) is 6.07 Å². The molecule has 2 N–H and O–H groups in total. The molecule has 0 unspecified atom stereocenters. The number of hydrogen-bond acceptors (Lipinski definition) is 3. The number of phenolic OH excluding ortho intramolecular Hbond substituents is 1. The van der Waals surface area contributed by atoms with Crippen LogP contribution >= 0.6 is 0 Å². The fraction of sp³-hybridized carbons (Fsp3) is 0.333. The van der Waals surface area contributed by atoms with E-state index in [1.165, 1.54) is 4.68 Å². The largest absolute Gasteiger partial charge is 0.506 e. The Morgan fingerprint density at radius 2 is 1.96 bits per heavy atom. The minimum atomic E-state index is -4.56. The van der Waals surface area contributed by atoms with Crippen molar-refractivity contribution in [1.29, 1.82) is 0 Å². The van der Waals surface area contributed by atoms with Crippen molar-refractivity contribution < 1.29 is 23.1 Å². The van der Waals surface area contributed by atoms with Crippen molar-refractivity contribution in [2.45, 2.75) is 32.5 Å². The van der Waals surface area contributed by atoms with E-state index in [4.69, 9.17) is 0 Å². The zero-order chi connectivity index (χ0) is 17.4. The van der Waals surface area contributed by atoms with Gasteiger partial charge >= 0.3 is 6.18 Å². The number of phenols is 1. The van der Waals surface area contributed by atoms with Crippen LogP contribution in [-0.4, -0.2) is 20.8 Å². The van der Waals surface area contributed by atoms with E-state index in [0.717, 1.165) is 17.7 Å². The van der Waals surface area contributed by atoms with Crippen molar-refractivity contribution in [3.05, 3.63) is 41.7 Å². The highest BCUT2D eigenvalue weighted by atomic mass is 19.4. The number of carbonyl (C=O) groups excluding carboxylic acids is 1. The lowest BCUT2D eigenvalue weighted by molar-refractivity contribution is -0.137. The molecule has 5 nitrogen and oxygen atoms in total. The Morgan fingerprint density at radius 3 is 2.43 bits per heavy atom. The molecule has 0 atom stereocenters. The molecule has 1 aromatic carbocycles. The molecule has 0 saturated carbocycles. The molecule has 2 rings (SSSR count). The van der Waals surface area contributed by atoms with E-state index in [1.54, 1.807) is 26.2 Å². The van der Waals surface area contributed by atoms with Gasteiger partial charge in [0.15, 0.2) is 0 Å². The topological polar surface area (TPSA) is 67.2 Å². The second-order valence-corrected chi connectivity index (χ2v) is 5.71. The number of nitrogens with one attached hydrogen (secondary N) is 1. The van der Waals surface area contributed by atoms with Crippen LogP contribution in [0.15, 0.2) is 30.6 Å². The van der Waals surface area contributed by atoms with Crippen molar-refractivity contribution in [1.82, 2.24) is 9.78 Å². The summed E-state index contributed by atoms with van der Waals surface area (Å²) >= 11 is 0. The number of anilines is 1. The smallest absolute Gasteiger partial charge is 0.416 e. The van der Waals surface area contributed by atoms with Gasteiger partial charge in [0.05, 0.1) is 17.4 Å². The van der Waals surface area contributed by atoms with Crippen molar-refractivity contribution in [2.24, 2.45) is 0 Å². The fourth-order valence-corrected chi connectivity index (χ4v) is 1.91. The Balaban J connectivity index is 2.23. The van der Waals surface area contributed by atoms with Gasteiger partial charge in [-0.15, -0.1) is 0 Å². The van der Waals surface area contributed by atoms with E-state index < -0.39 is 28.9 Å². The van der Waals surface area contributed by atoms with E-state index in [2.05, 4.69) is 10.4 Å². The number of rotatable bonds is 3. The highest BCUT2D eigenvalue weighted by molar-refractivity contribution is 5.97.